The van der Waals surface area contributed by atoms with Crippen LogP contribution in [0, 0.1) is 0 Å². The van der Waals surface area contributed by atoms with Crippen molar-refractivity contribution in [3.05, 3.63) is 18.6 Å². The van der Waals surface area contributed by atoms with Crippen molar-refractivity contribution in [1.82, 2.24) is 14.8 Å². The first-order valence-electron chi connectivity index (χ1n) is 5.40. The number of rotatable bonds is 5. The molecule has 0 N–H and O–H groups in total. The highest BCUT2D eigenvalue weighted by Gasteiger charge is 2.07. The topological polar surface area (TPSA) is 83.1 Å². The zero-order chi connectivity index (χ0) is 13.0. The molecule has 18 heavy (non-hydrogen) atoms. The summed E-state index contributed by atoms with van der Waals surface area (Å²) in [5, 5.41) is 16.1. The first-order valence-corrected chi connectivity index (χ1v) is 6.38. The molecule has 2 heterocycles. The molecular weight excluding hydrogens is 254 g/mol. The maximum Gasteiger partial charge on any atom is 0.320 e. The molecule has 0 saturated carbocycles. The third kappa shape index (κ3) is 3.10. The Bertz CT molecular complexity index is 548. The molecule has 0 aliphatic carbocycles. The molecule has 2 rings (SSSR count). The van der Waals surface area contributed by atoms with E-state index in [1.54, 1.807) is 17.1 Å². The van der Waals surface area contributed by atoms with Gasteiger partial charge in [-0.3, -0.25) is 4.52 Å². The SMILES string of the molecule is CC[n+]1cc(/N=C(\[O-])CSc2nccn2C)on1. The van der Waals surface area contributed by atoms with E-state index in [1.807, 2.05) is 24.7 Å². The van der Waals surface area contributed by atoms with Crippen molar-refractivity contribution in [2.45, 2.75) is 18.6 Å². The van der Waals surface area contributed by atoms with Crippen LogP contribution < -0.4 is 9.79 Å². The Morgan fingerprint density at radius 2 is 2.50 bits per heavy atom. The van der Waals surface area contributed by atoms with Crippen LogP contribution in [-0.2, 0) is 13.6 Å². The Morgan fingerprint density at radius 1 is 1.67 bits per heavy atom. The van der Waals surface area contributed by atoms with Crippen LogP contribution in [0.25, 0.3) is 0 Å². The fraction of sp³-hybridized carbons (Fsp3) is 0.400. The van der Waals surface area contributed by atoms with E-state index in [9.17, 15) is 5.11 Å². The van der Waals surface area contributed by atoms with Gasteiger partial charge < -0.3 is 9.67 Å². The number of aliphatic imine (C=N–C) groups is 1. The molecule has 0 bridgehead atoms. The molecule has 96 valence electrons. The van der Waals surface area contributed by atoms with Gasteiger partial charge in [-0.15, -0.1) is 0 Å². The molecule has 0 radical (unpaired) electrons. The number of imidazole rings is 1. The summed E-state index contributed by atoms with van der Waals surface area (Å²) in [6.45, 7) is 2.60. The summed E-state index contributed by atoms with van der Waals surface area (Å²) in [5.41, 5.74) is 0. The summed E-state index contributed by atoms with van der Waals surface area (Å²) in [7, 11) is 1.87. The van der Waals surface area contributed by atoms with E-state index in [0.717, 1.165) is 5.16 Å². The number of thioether (sulfide) groups is 1. The van der Waals surface area contributed by atoms with Gasteiger partial charge in [0.25, 0.3) is 6.20 Å². The predicted molar refractivity (Wildman–Crippen MR) is 63.4 cm³/mol. The average molecular weight is 267 g/mol. The molecule has 0 unspecified atom stereocenters. The molecule has 7 nitrogen and oxygen atoms in total. The Kier molecular flexibility index (Phi) is 3.98. The smallest absolute Gasteiger partial charge is 0.320 e. The largest absolute Gasteiger partial charge is 0.861 e. The van der Waals surface area contributed by atoms with Crippen LogP contribution in [0.2, 0.25) is 0 Å². The van der Waals surface area contributed by atoms with E-state index in [-0.39, 0.29) is 17.5 Å². The van der Waals surface area contributed by atoms with E-state index >= 15 is 0 Å². The van der Waals surface area contributed by atoms with Crippen molar-refractivity contribution < 1.29 is 14.3 Å². The van der Waals surface area contributed by atoms with Gasteiger partial charge in [0.1, 0.15) is 0 Å². The molecule has 0 fully saturated rings. The summed E-state index contributed by atoms with van der Waals surface area (Å²) in [5.74, 6) is 0.169. The fourth-order valence-corrected chi connectivity index (χ4v) is 1.96. The second-order valence-corrected chi connectivity index (χ2v) is 4.45. The van der Waals surface area contributed by atoms with Gasteiger partial charge in [0.2, 0.25) is 5.27 Å². The Labute approximate surface area is 108 Å². The molecule has 0 aliphatic rings. The van der Waals surface area contributed by atoms with Gasteiger partial charge >= 0.3 is 5.88 Å². The molecule has 0 atom stereocenters. The summed E-state index contributed by atoms with van der Waals surface area (Å²) < 4.78 is 8.29. The monoisotopic (exact) mass is 267 g/mol. The summed E-state index contributed by atoms with van der Waals surface area (Å²) >= 11 is 1.33. The Hall–Kier alpha value is -1.83. The summed E-state index contributed by atoms with van der Waals surface area (Å²) in [4.78, 5) is 7.91. The van der Waals surface area contributed by atoms with Gasteiger partial charge in [0.15, 0.2) is 11.7 Å². The lowest BCUT2D eigenvalue weighted by Gasteiger charge is -2.07. The average Bonchev–Trinajstić information content (AvgIpc) is 2.96. The van der Waals surface area contributed by atoms with Crippen LogP contribution in [0.1, 0.15) is 6.92 Å². The number of aromatic nitrogens is 4. The normalized spacial score (nSPS) is 12.0. The number of hydrogen-bond acceptors (Lipinski definition) is 6. The van der Waals surface area contributed by atoms with Crippen LogP contribution in [0.3, 0.4) is 0 Å². The summed E-state index contributed by atoms with van der Waals surface area (Å²) in [6.07, 6.45) is 5.10. The first kappa shape index (κ1) is 12.6. The lowest BCUT2D eigenvalue weighted by atomic mass is 10.7. The molecule has 0 spiro atoms. The second-order valence-electron chi connectivity index (χ2n) is 3.51. The minimum Gasteiger partial charge on any atom is -0.861 e. The summed E-state index contributed by atoms with van der Waals surface area (Å²) in [6, 6.07) is 0. The van der Waals surface area contributed by atoms with E-state index in [0.29, 0.717) is 6.54 Å². The Morgan fingerprint density at radius 3 is 3.11 bits per heavy atom. The van der Waals surface area contributed by atoms with Gasteiger partial charge in [-0.1, -0.05) is 16.4 Å². The van der Waals surface area contributed by atoms with Crippen molar-refractivity contribution in [2.75, 3.05) is 5.75 Å². The van der Waals surface area contributed by atoms with E-state index < -0.39 is 0 Å². The fourth-order valence-electron chi connectivity index (χ4n) is 1.24. The molecule has 0 aliphatic heterocycles. The van der Waals surface area contributed by atoms with Crippen LogP contribution in [0.15, 0.2) is 33.3 Å². The Balaban J connectivity index is 1.95. The minimum absolute atomic E-state index is 0.220. The number of hydrogen-bond donors (Lipinski definition) is 0. The van der Waals surface area contributed by atoms with Gasteiger partial charge in [0, 0.05) is 25.2 Å². The highest BCUT2D eigenvalue weighted by atomic mass is 32.2. The maximum absolute atomic E-state index is 11.6. The minimum atomic E-state index is -0.276. The number of nitrogens with zero attached hydrogens (tertiary/aromatic N) is 5. The van der Waals surface area contributed by atoms with E-state index in [2.05, 4.69) is 15.2 Å². The molecule has 0 saturated heterocycles. The van der Waals surface area contributed by atoms with Gasteiger partial charge in [-0.25, -0.2) is 9.98 Å². The molecule has 0 aromatic carbocycles. The molecular formula is C10H13N5O2S. The zero-order valence-electron chi connectivity index (χ0n) is 10.1. The van der Waals surface area contributed by atoms with Gasteiger partial charge in [-0.05, 0) is 12.8 Å². The van der Waals surface area contributed by atoms with Gasteiger partial charge in [-0.2, -0.15) is 0 Å². The lowest BCUT2D eigenvalue weighted by molar-refractivity contribution is -0.759. The second kappa shape index (κ2) is 5.67. The molecule has 0 amide bonds. The predicted octanol–water partition coefficient (Wildman–Crippen LogP) is -0.102. The van der Waals surface area contributed by atoms with Crippen LogP contribution in [0.5, 0.6) is 0 Å². The maximum atomic E-state index is 11.6. The molecule has 8 heteroatoms. The highest BCUT2D eigenvalue weighted by molar-refractivity contribution is 7.99. The standard InChI is InChI=1S/C10H13N5O2S/c1-3-15-6-9(17-13-15)12-8(16)7-18-10-11-4-5-14(10)2/h4-6H,3,7H2,1-2H3. The van der Waals surface area contributed by atoms with Crippen molar-refractivity contribution in [3.8, 4) is 0 Å². The van der Waals surface area contributed by atoms with Crippen molar-refractivity contribution >= 4 is 23.5 Å². The van der Waals surface area contributed by atoms with Crippen molar-refractivity contribution in [3.63, 3.8) is 0 Å². The molecule has 2 aromatic heterocycles. The number of aryl methyl sites for hydroxylation is 2. The first-order chi connectivity index (χ1) is 8.69. The van der Waals surface area contributed by atoms with Crippen LogP contribution in [-0.4, -0.2) is 26.5 Å². The lowest BCUT2D eigenvalue weighted by Crippen LogP contribution is -2.32. The quantitative estimate of drug-likeness (QED) is 0.327. The third-order valence-corrected chi connectivity index (χ3v) is 3.20. The van der Waals surface area contributed by atoms with Crippen molar-refractivity contribution in [2.24, 2.45) is 12.0 Å². The van der Waals surface area contributed by atoms with Crippen molar-refractivity contribution in [1.29, 1.82) is 0 Å². The van der Waals surface area contributed by atoms with E-state index in [1.165, 1.54) is 11.8 Å². The van der Waals surface area contributed by atoms with Crippen LogP contribution >= 0.6 is 11.8 Å². The van der Waals surface area contributed by atoms with Gasteiger partial charge in [0.05, 0.1) is 0 Å². The highest BCUT2D eigenvalue weighted by Crippen LogP contribution is 2.14. The molecule has 2 aromatic rings. The van der Waals surface area contributed by atoms with Crippen LogP contribution in [0.4, 0.5) is 5.88 Å². The zero-order valence-corrected chi connectivity index (χ0v) is 10.9. The third-order valence-electron chi connectivity index (χ3n) is 2.16. The van der Waals surface area contributed by atoms with E-state index in [4.69, 9.17) is 4.52 Å².